The van der Waals surface area contributed by atoms with Crippen LogP contribution in [0.25, 0.3) is 6.08 Å². The third-order valence-corrected chi connectivity index (χ3v) is 5.69. The molecular weight excluding hydrogens is 402 g/mol. The van der Waals surface area contributed by atoms with Gasteiger partial charge in [0.25, 0.3) is 0 Å². The summed E-state index contributed by atoms with van der Waals surface area (Å²) in [6, 6.07) is 9.51. The highest BCUT2D eigenvalue weighted by molar-refractivity contribution is 6.32. The molecule has 0 N–H and O–H groups in total. The largest absolute Gasteiger partial charge is 0.378 e. The summed E-state index contributed by atoms with van der Waals surface area (Å²) >= 11 is 6.15. The maximum atomic E-state index is 12.6. The highest BCUT2D eigenvalue weighted by Crippen LogP contribution is 2.20. The minimum absolute atomic E-state index is 0.00580. The first-order valence-corrected chi connectivity index (χ1v) is 10.6. The topological polar surface area (TPSA) is 61.8 Å². The summed E-state index contributed by atoms with van der Waals surface area (Å²) < 4.78 is 5.44. The smallest absolute Gasteiger partial charge is 0.246 e. The molecule has 0 bridgehead atoms. The van der Waals surface area contributed by atoms with Crippen molar-refractivity contribution in [1.29, 1.82) is 0 Å². The van der Waals surface area contributed by atoms with Crippen molar-refractivity contribution in [3.63, 3.8) is 0 Å². The van der Waals surface area contributed by atoms with E-state index in [1.165, 1.54) is 0 Å². The number of halogens is 1. The van der Waals surface area contributed by atoms with Crippen LogP contribution in [0.4, 0.5) is 11.8 Å². The zero-order chi connectivity index (χ0) is 20.9. The first kappa shape index (κ1) is 20.6. The highest BCUT2D eigenvalue weighted by atomic mass is 35.5. The van der Waals surface area contributed by atoms with E-state index in [0.29, 0.717) is 31.2 Å². The van der Waals surface area contributed by atoms with E-state index in [-0.39, 0.29) is 5.91 Å². The number of hydrogen-bond donors (Lipinski definition) is 0. The second-order valence-corrected chi connectivity index (χ2v) is 7.84. The summed E-state index contributed by atoms with van der Waals surface area (Å²) in [5.41, 5.74) is 1.79. The van der Waals surface area contributed by atoms with E-state index in [0.717, 1.165) is 49.3 Å². The van der Waals surface area contributed by atoms with Gasteiger partial charge in [-0.2, -0.15) is 4.98 Å². The van der Waals surface area contributed by atoms with Gasteiger partial charge in [-0.3, -0.25) is 4.79 Å². The minimum Gasteiger partial charge on any atom is -0.378 e. The molecule has 4 rings (SSSR count). The van der Waals surface area contributed by atoms with E-state index >= 15 is 0 Å². The van der Waals surface area contributed by atoms with Crippen LogP contribution < -0.4 is 9.80 Å². The van der Waals surface area contributed by atoms with Crippen molar-refractivity contribution < 1.29 is 9.53 Å². The summed E-state index contributed by atoms with van der Waals surface area (Å²) in [5, 5.41) is 0.638. The van der Waals surface area contributed by atoms with Crippen molar-refractivity contribution in [2.45, 2.75) is 6.92 Å². The van der Waals surface area contributed by atoms with Crippen molar-refractivity contribution >= 4 is 35.4 Å². The van der Waals surface area contributed by atoms with Crippen molar-refractivity contribution in [3.05, 3.63) is 52.7 Å². The second kappa shape index (κ2) is 9.45. The molecule has 158 valence electrons. The molecule has 1 amide bonds. The zero-order valence-electron chi connectivity index (χ0n) is 17.1. The van der Waals surface area contributed by atoms with Crippen molar-refractivity contribution in [1.82, 2.24) is 14.9 Å². The van der Waals surface area contributed by atoms with E-state index in [1.807, 2.05) is 42.2 Å². The lowest BCUT2D eigenvalue weighted by Crippen LogP contribution is -2.49. The van der Waals surface area contributed by atoms with Gasteiger partial charge in [-0.15, -0.1) is 0 Å². The first-order valence-electron chi connectivity index (χ1n) is 10.2. The van der Waals surface area contributed by atoms with Gasteiger partial charge in [-0.25, -0.2) is 4.98 Å². The maximum absolute atomic E-state index is 12.6. The Morgan fingerprint density at radius 3 is 2.50 bits per heavy atom. The van der Waals surface area contributed by atoms with Gasteiger partial charge in [-0.1, -0.05) is 29.8 Å². The molecule has 1 aromatic carbocycles. The lowest BCUT2D eigenvalue weighted by Gasteiger charge is -2.35. The number of benzene rings is 1. The Morgan fingerprint density at radius 1 is 1.03 bits per heavy atom. The number of amides is 1. The fourth-order valence-corrected chi connectivity index (χ4v) is 3.83. The molecule has 1 aromatic heterocycles. The van der Waals surface area contributed by atoms with Gasteiger partial charge in [0.1, 0.15) is 5.82 Å². The number of morpholine rings is 1. The molecule has 0 saturated carbocycles. The van der Waals surface area contributed by atoms with Gasteiger partial charge < -0.3 is 19.4 Å². The molecule has 2 aliphatic heterocycles. The second-order valence-electron chi connectivity index (χ2n) is 7.43. The normalized spacial score (nSPS) is 17.6. The van der Waals surface area contributed by atoms with Gasteiger partial charge in [0, 0.05) is 62.1 Å². The molecule has 0 radical (unpaired) electrons. The van der Waals surface area contributed by atoms with Crippen LogP contribution in [0.2, 0.25) is 5.02 Å². The van der Waals surface area contributed by atoms with Gasteiger partial charge >= 0.3 is 0 Å². The maximum Gasteiger partial charge on any atom is 0.246 e. The summed E-state index contributed by atoms with van der Waals surface area (Å²) in [7, 11) is 0. The predicted molar refractivity (Wildman–Crippen MR) is 119 cm³/mol. The lowest BCUT2D eigenvalue weighted by atomic mass is 10.2. The molecule has 2 aromatic rings. The Hall–Kier alpha value is -2.64. The Morgan fingerprint density at radius 2 is 1.77 bits per heavy atom. The quantitative estimate of drug-likeness (QED) is 0.699. The van der Waals surface area contributed by atoms with E-state index in [2.05, 4.69) is 14.8 Å². The lowest BCUT2D eigenvalue weighted by molar-refractivity contribution is -0.126. The van der Waals surface area contributed by atoms with Crippen LogP contribution in [0.1, 0.15) is 11.3 Å². The Labute approximate surface area is 181 Å². The number of aryl methyl sites for hydroxylation is 1. The Bertz CT molecular complexity index is 921. The van der Waals surface area contributed by atoms with Crippen LogP contribution in [0.5, 0.6) is 0 Å². The highest BCUT2D eigenvalue weighted by Gasteiger charge is 2.23. The minimum atomic E-state index is -0.00580. The van der Waals surface area contributed by atoms with Gasteiger partial charge in [0.05, 0.1) is 13.2 Å². The number of ether oxygens (including phenoxy) is 1. The molecule has 8 heteroatoms. The average molecular weight is 428 g/mol. The van der Waals surface area contributed by atoms with Gasteiger partial charge in [-0.05, 0) is 24.6 Å². The standard InChI is InChI=1S/C22H26ClN5O2/c1-17-16-20(26-12-14-30-15-13-26)25-22(24-17)28-10-8-27(9-11-28)21(29)7-6-18-4-2-3-5-19(18)23/h2-7,16H,8-15H2,1H3/b7-6+. The van der Waals surface area contributed by atoms with Crippen LogP contribution >= 0.6 is 11.6 Å². The molecule has 7 nitrogen and oxygen atoms in total. The third kappa shape index (κ3) is 4.91. The number of nitrogens with zero attached hydrogens (tertiary/aromatic N) is 5. The molecule has 2 saturated heterocycles. The van der Waals surface area contributed by atoms with Crippen LogP contribution in [0.3, 0.4) is 0 Å². The number of rotatable bonds is 4. The molecule has 0 atom stereocenters. The predicted octanol–water partition coefficient (Wildman–Crippen LogP) is 2.64. The number of carbonyl (C=O) groups is 1. The number of anilines is 2. The molecule has 2 aliphatic rings. The van der Waals surface area contributed by atoms with Gasteiger partial charge in [0.2, 0.25) is 11.9 Å². The summed E-state index contributed by atoms with van der Waals surface area (Å²) in [4.78, 5) is 28.2. The van der Waals surface area contributed by atoms with Crippen LogP contribution in [0, 0.1) is 6.92 Å². The molecular formula is C22H26ClN5O2. The van der Waals surface area contributed by atoms with Crippen molar-refractivity contribution in [2.75, 3.05) is 62.3 Å². The fraction of sp³-hybridized carbons (Fsp3) is 0.409. The zero-order valence-corrected chi connectivity index (χ0v) is 17.9. The third-order valence-electron chi connectivity index (χ3n) is 5.35. The van der Waals surface area contributed by atoms with Gasteiger partial charge in [0.15, 0.2) is 0 Å². The number of aromatic nitrogens is 2. The average Bonchev–Trinajstić information content (AvgIpc) is 2.78. The number of hydrogen-bond acceptors (Lipinski definition) is 6. The first-order chi connectivity index (χ1) is 14.6. The van der Waals surface area contributed by atoms with Crippen LogP contribution in [-0.4, -0.2) is 73.3 Å². The molecule has 0 aliphatic carbocycles. The molecule has 0 spiro atoms. The SMILES string of the molecule is Cc1cc(N2CCOCC2)nc(N2CCN(C(=O)/C=C/c3ccccc3Cl)CC2)n1. The van der Waals surface area contributed by atoms with Crippen molar-refractivity contribution in [2.24, 2.45) is 0 Å². The van der Waals surface area contributed by atoms with E-state index in [9.17, 15) is 4.79 Å². The van der Waals surface area contributed by atoms with E-state index in [1.54, 1.807) is 12.2 Å². The summed E-state index contributed by atoms with van der Waals surface area (Å²) in [6.45, 7) is 7.81. The van der Waals surface area contributed by atoms with E-state index < -0.39 is 0 Å². The Kier molecular flexibility index (Phi) is 6.50. The van der Waals surface area contributed by atoms with Crippen LogP contribution in [-0.2, 0) is 9.53 Å². The molecule has 3 heterocycles. The Balaban J connectivity index is 1.38. The molecule has 0 unspecified atom stereocenters. The fourth-order valence-electron chi connectivity index (χ4n) is 3.64. The van der Waals surface area contributed by atoms with Crippen molar-refractivity contribution in [3.8, 4) is 0 Å². The summed E-state index contributed by atoms with van der Waals surface area (Å²) in [6.07, 6.45) is 3.37. The van der Waals surface area contributed by atoms with E-state index in [4.69, 9.17) is 21.3 Å². The van der Waals surface area contributed by atoms with Crippen LogP contribution in [0.15, 0.2) is 36.4 Å². The number of carbonyl (C=O) groups excluding carboxylic acids is 1. The summed E-state index contributed by atoms with van der Waals surface area (Å²) in [5.74, 6) is 1.67. The molecule has 2 fully saturated rings. The molecule has 30 heavy (non-hydrogen) atoms. The number of piperazine rings is 1. The monoisotopic (exact) mass is 427 g/mol.